The third-order valence-electron chi connectivity index (χ3n) is 5.01. The zero-order chi connectivity index (χ0) is 24.5. The molecule has 0 saturated carbocycles. The number of nitriles is 1. The van der Waals surface area contributed by atoms with Gasteiger partial charge in [-0.25, -0.2) is 0 Å². The quantitative estimate of drug-likeness (QED) is 0.327. The number of nitrogens with zero attached hydrogens (tertiary/aromatic N) is 1. The first kappa shape index (κ1) is 24.7. The lowest BCUT2D eigenvalue weighted by atomic mass is 10.1. The van der Waals surface area contributed by atoms with Crippen LogP contribution in [-0.4, -0.2) is 20.1 Å². The fourth-order valence-corrected chi connectivity index (χ4v) is 3.53. The van der Waals surface area contributed by atoms with Crippen molar-refractivity contribution in [1.29, 1.82) is 5.26 Å². The number of carbonyl (C=O) groups is 1. The summed E-state index contributed by atoms with van der Waals surface area (Å²) in [5.41, 5.74) is 3.50. The van der Waals surface area contributed by atoms with E-state index in [1.54, 1.807) is 31.4 Å². The van der Waals surface area contributed by atoms with E-state index >= 15 is 0 Å². The molecule has 0 unspecified atom stereocenters. The lowest BCUT2D eigenvalue weighted by Crippen LogP contribution is -2.23. The van der Waals surface area contributed by atoms with Gasteiger partial charge in [0, 0.05) is 6.54 Å². The van der Waals surface area contributed by atoms with E-state index in [2.05, 4.69) is 5.32 Å². The Morgan fingerprint density at radius 2 is 1.82 bits per heavy atom. The van der Waals surface area contributed by atoms with Gasteiger partial charge in [-0.1, -0.05) is 53.6 Å². The van der Waals surface area contributed by atoms with Crippen molar-refractivity contribution in [2.24, 2.45) is 0 Å². The molecule has 0 aliphatic heterocycles. The highest BCUT2D eigenvalue weighted by atomic mass is 35.5. The Kier molecular flexibility index (Phi) is 8.55. The summed E-state index contributed by atoms with van der Waals surface area (Å²) in [6.45, 7) is 2.61. The number of nitrogens with one attached hydrogen (secondary N) is 1. The van der Waals surface area contributed by atoms with E-state index in [1.807, 2.05) is 49.4 Å². The molecule has 0 bridgehead atoms. The number of hydrogen-bond donors (Lipinski definition) is 1. The average molecular weight is 477 g/mol. The fourth-order valence-electron chi connectivity index (χ4n) is 3.26. The van der Waals surface area contributed by atoms with Crippen LogP contribution in [0.1, 0.15) is 22.3 Å². The van der Waals surface area contributed by atoms with E-state index in [0.717, 1.165) is 22.4 Å². The second-order valence-electron chi connectivity index (χ2n) is 7.51. The molecule has 3 aromatic rings. The van der Waals surface area contributed by atoms with Crippen LogP contribution in [0.2, 0.25) is 5.02 Å². The van der Waals surface area contributed by atoms with Gasteiger partial charge in [0.05, 0.1) is 19.2 Å². The van der Waals surface area contributed by atoms with Crippen molar-refractivity contribution in [1.82, 2.24) is 5.32 Å². The lowest BCUT2D eigenvalue weighted by molar-refractivity contribution is -0.117. The van der Waals surface area contributed by atoms with E-state index in [0.29, 0.717) is 28.7 Å². The molecular weight excluding hydrogens is 452 g/mol. The lowest BCUT2D eigenvalue weighted by Gasteiger charge is -2.14. The maximum atomic E-state index is 12.6. The fraction of sp³-hybridized carbons (Fsp3) is 0.185. The minimum atomic E-state index is -0.492. The standard InChI is InChI=1S/C27H25ClN2O4/c1-18-5-4-6-20(11-18)17-34-26-24(28)13-21(14-25(26)33-3)12-22(15-29)27(31)30-16-19-7-9-23(32-2)10-8-19/h4-14H,16-17H2,1-3H3,(H,30,31)/b22-12-. The molecule has 0 spiro atoms. The number of halogens is 1. The second kappa shape index (κ2) is 11.8. The van der Waals surface area contributed by atoms with E-state index < -0.39 is 5.91 Å². The third kappa shape index (κ3) is 6.53. The maximum absolute atomic E-state index is 12.6. The predicted molar refractivity (Wildman–Crippen MR) is 132 cm³/mol. The molecule has 0 aliphatic carbocycles. The van der Waals surface area contributed by atoms with Crippen molar-refractivity contribution >= 4 is 23.6 Å². The van der Waals surface area contributed by atoms with Crippen LogP contribution < -0.4 is 19.5 Å². The highest BCUT2D eigenvalue weighted by Gasteiger charge is 2.14. The molecule has 1 N–H and O–H groups in total. The summed E-state index contributed by atoms with van der Waals surface area (Å²) in [6.07, 6.45) is 1.46. The first-order chi connectivity index (χ1) is 16.4. The average Bonchev–Trinajstić information content (AvgIpc) is 2.85. The Balaban J connectivity index is 1.73. The molecule has 6 nitrogen and oxygen atoms in total. The van der Waals surface area contributed by atoms with Gasteiger partial charge in [-0.3, -0.25) is 4.79 Å². The molecule has 0 aromatic heterocycles. The number of aryl methyl sites for hydroxylation is 1. The van der Waals surface area contributed by atoms with Crippen molar-refractivity contribution in [3.05, 3.63) is 93.5 Å². The summed E-state index contributed by atoms with van der Waals surface area (Å²) >= 11 is 6.45. The zero-order valence-electron chi connectivity index (χ0n) is 19.2. The Bertz CT molecular complexity index is 1230. The van der Waals surface area contributed by atoms with E-state index in [9.17, 15) is 10.1 Å². The summed E-state index contributed by atoms with van der Waals surface area (Å²) in [4.78, 5) is 12.6. The van der Waals surface area contributed by atoms with Gasteiger partial charge in [0.2, 0.25) is 0 Å². The molecule has 3 rings (SSSR count). The first-order valence-corrected chi connectivity index (χ1v) is 10.9. The molecule has 0 radical (unpaired) electrons. The van der Waals surface area contributed by atoms with Gasteiger partial charge >= 0.3 is 0 Å². The van der Waals surface area contributed by atoms with Crippen molar-refractivity contribution in [2.45, 2.75) is 20.1 Å². The second-order valence-corrected chi connectivity index (χ2v) is 7.92. The van der Waals surface area contributed by atoms with Crippen LogP contribution in [0.5, 0.6) is 17.2 Å². The molecule has 0 fully saturated rings. The molecule has 0 atom stereocenters. The monoisotopic (exact) mass is 476 g/mol. The van der Waals surface area contributed by atoms with Crippen LogP contribution >= 0.6 is 11.6 Å². The van der Waals surface area contributed by atoms with Crippen LogP contribution in [0.15, 0.2) is 66.2 Å². The van der Waals surface area contributed by atoms with Gasteiger partial charge in [0.1, 0.15) is 24.0 Å². The molecule has 0 aliphatic rings. The smallest absolute Gasteiger partial charge is 0.262 e. The first-order valence-electron chi connectivity index (χ1n) is 10.5. The minimum Gasteiger partial charge on any atom is -0.497 e. The maximum Gasteiger partial charge on any atom is 0.262 e. The van der Waals surface area contributed by atoms with Gasteiger partial charge in [0.25, 0.3) is 5.91 Å². The van der Waals surface area contributed by atoms with Gasteiger partial charge < -0.3 is 19.5 Å². The summed E-state index contributed by atoms with van der Waals surface area (Å²) in [5.74, 6) is 1.03. The van der Waals surface area contributed by atoms with Crippen molar-refractivity contribution in [2.75, 3.05) is 14.2 Å². The molecule has 1 amide bonds. The zero-order valence-corrected chi connectivity index (χ0v) is 20.0. The van der Waals surface area contributed by atoms with Crippen LogP contribution in [-0.2, 0) is 17.9 Å². The molecule has 0 heterocycles. The minimum absolute atomic E-state index is 0.0555. The molecule has 7 heteroatoms. The highest BCUT2D eigenvalue weighted by molar-refractivity contribution is 6.32. The van der Waals surface area contributed by atoms with Crippen molar-refractivity contribution in [3.63, 3.8) is 0 Å². The van der Waals surface area contributed by atoms with Gasteiger partial charge in [-0.2, -0.15) is 5.26 Å². The SMILES string of the molecule is COc1ccc(CNC(=O)/C(C#N)=C\c2cc(Cl)c(OCc3cccc(C)c3)c(OC)c2)cc1. The number of hydrogen-bond acceptors (Lipinski definition) is 5. The van der Waals surface area contributed by atoms with E-state index in [4.69, 9.17) is 25.8 Å². The number of methoxy groups -OCH3 is 2. The molecule has 0 saturated heterocycles. The summed E-state index contributed by atoms with van der Waals surface area (Å²) in [7, 11) is 3.09. The molecule has 34 heavy (non-hydrogen) atoms. The number of rotatable bonds is 9. The van der Waals surface area contributed by atoms with Crippen molar-refractivity contribution in [3.8, 4) is 23.3 Å². The summed E-state index contributed by atoms with van der Waals surface area (Å²) < 4.78 is 16.5. The number of amides is 1. The summed E-state index contributed by atoms with van der Waals surface area (Å²) in [5, 5.41) is 12.6. The number of ether oxygens (including phenoxy) is 3. The topological polar surface area (TPSA) is 80.6 Å². The van der Waals surface area contributed by atoms with E-state index in [-0.39, 0.29) is 12.1 Å². The van der Waals surface area contributed by atoms with Crippen molar-refractivity contribution < 1.29 is 19.0 Å². The van der Waals surface area contributed by atoms with Crippen LogP contribution in [0, 0.1) is 18.3 Å². The third-order valence-corrected chi connectivity index (χ3v) is 5.29. The number of carbonyl (C=O) groups excluding carboxylic acids is 1. The Labute approximate surface area is 204 Å². The van der Waals surface area contributed by atoms with Gasteiger partial charge in [-0.15, -0.1) is 0 Å². The Hall–Kier alpha value is -3.95. The Morgan fingerprint density at radius 3 is 2.47 bits per heavy atom. The molecular formula is C27H25ClN2O4. The van der Waals surface area contributed by atoms with E-state index in [1.165, 1.54) is 13.2 Å². The van der Waals surface area contributed by atoms with Crippen LogP contribution in [0.4, 0.5) is 0 Å². The predicted octanol–water partition coefficient (Wildman–Crippen LogP) is 5.47. The van der Waals surface area contributed by atoms with Crippen LogP contribution in [0.3, 0.4) is 0 Å². The Morgan fingerprint density at radius 1 is 1.06 bits per heavy atom. The van der Waals surface area contributed by atoms with Crippen LogP contribution in [0.25, 0.3) is 6.08 Å². The molecule has 3 aromatic carbocycles. The normalized spacial score (nSPS) is 10.9. The highest BCUT2D eigenvalue weighted by Crippen LogP contribution is 2.37. The number of benzene rings is 3. The largest absolute Gasteiger partial charge is 0.497 e. The molecule has 174 valence electrons. The van der Waals surface area contributed by atoms with Gasteiger partial charge in [-0.05, 0) is 54.0 Å². The summed E-state index contributed by atoms with van der Waals surface area (Å²) in [6, 6.07) is 20.5. The van der Waals surface area contributed by atoms with Gasteiger partial charge in [0.15, 0.2) is 11.5 Å².